The summed E-state index contributed by atoms with van der Waals surface area (Å²) in [5, 5.41) is 9.90. The molecule has 0 aliphatic carbocycles. The summed E-state index contributed by atoms with van der Waals surface area (Å²) in [5.74, 6) is 0.880. The van der Waals surface area contributed by atoms with Crippen LogP contribution in [0.25, 0.3) is 22.3 Å². The Bertz CT molecular complexity index is 1020. The van der Waals surface area contributed by atoms with Crippen LogP contribution in [0.5, 0.6) is 0 Å². The molecule has 0 saturated heterocycles. The number of rotatable bonds is 8. The van der Waals surface area contributed by atoms with Crippen LogP contribution in [0.1, 0.15) is 35.6 Å². The lowest BCUT2D eigenvalue weighted by atomic mass is 10.2. The van der Waals surface area contributed by atoms with Crippen LogP contribution >= 0.6 is 0 Å². The molecular formula is C21H22N6O. The number of nitrogens with zero attached hydrogens (tertiary/aromatic N) is 3. The Balaban J connectivity index is 1.18. The van der Waals surface area contributed by atoms with Gasteiger partial charge in [-0.05, 0) is 43.2 Å². The van der Waals surface area contributed by atoms with E-state index in [-0.39, 0.29) is 5.91 Å². The van der Waals surface area contributed by atoms with E-state index in [0.29, 0.717) is 17.9 Å². The minimum Gasteiger partial charge on any atom is -0.351 e. The van der Waals surface area contributed by atoms with Crippen LogP contribution in [0.4, 0.5) is 0 Å². The van der Waals surface area contributed by atoms with Crippen molar-refractivity contribution in [2.45, 2.75) is 25.7 Å². The van der Waals surface area contributed by atoms with Crippen molar-refractivity contribution >= 4 is 16.9 Å². The zero-order chi connectivity index (χ0) is 19.2. The number of carbonyl (C=O) groups excluding carboxylic acids is 1. The highest BCUT2D eigenvalue weighted by molar-refractivity contribution is 5.93. The lowest BCUT2D eigenvalue weighted by Crippen LogP contribution is -2.24. The molecule has 0 aliphatic heterocycles. The summed E-state index contributed by atoms with van der Waals surface area (Å²) >= 11 is 0. The number of benzene rings is 1. The van der Waals surface area contributed by atoms with Crippen LogP contribution in [-0.4, -0.2) is 37.6 Å². The van der Waals surface area contributed by atoms with Gasteiger partial charge in [-0.25, -0.2) is 4.98 Å². The van der Waals surface area contributed by atoms with Crippen LogP contribution in [0.15, 0.2) is 54.9 Å². The van der Waals surface area contributed by atoms with E-state index < -0.39 is 0 Å². The second-order valence-electron chi connectivity index (χ2n) is 6.68. The standard InChI is InChI=1S/C21H22N6O/c28-21(19-13-18(26-27-19)15-7-6-11-22-14-15)23-12-5-1-2-10-20-24-16-8-3-4-9-17(16)25-20/h3-4,6-9,11,13-14H,1-2,5,10,12H2,(H,23,28)(H,24,25)(H,26,27). The van der Waals surface area contributed by atoms with Gasteiger partial charge < -0.3 is 10.3 Å². The molecule has 4 aromatic rings. The van der Waals surface area contributed by atoms with Gasteiger partial charge in [-0.15, -0.1) is 0 Å². The monoisotopic (exact) mass is 374 g/mol. The summed E-state index contributed by atoms with van der Waals surface area (Å²) in [6.07, 6.45) is 7.33. The third-order valence-electron chi connectivity index (χ3n) is 4.59. The number of imidazole rings is 1. The van der Waals surface area contributed by atoms with E-state index in [1.165, 1.54) is 0 Å². The summed E-state index contributed by atoms with van der Waals surface area (Å²) in [4.78, 5) is 24.2. The summed E-state index contributed by atoms with van der Waals surface area (Å²) in [6.45, 7) is 0.639. The van der Waals surface area contributed by atoms with Crippen LogP contribution < -0.4 is 5.32 Å². The van der Waals surface area contributed by atoms with Crippen LogP contribution in [0, 0.1) is 0 Å². The van der Waals surface area contributed by atoms with Gasteiger partial charge in [-0.1, -0.05) is 18.6 Å². The number of para-hydroxylation sites is 2. The molecule has 3 aromatic heterocycles. The summed E-state index contributed by atoms with van der Waals surface area (Å²) in [5.41, 5.74) is 4.14. The topological polar surface area (TPSA) is 99.3 Å². The number of aromatic nitrogens is 5. The van der Waals surface area contributed by atoms with Crippen LogP contribution in [0.3, 0.4) is 0 Å². The number of aryl methyl sites for hydroxylation is 1. The van der Waals surface area contributed by atoms with E-state index in [4.69, 9.17) is 0 Å². The number of pyridine rings is 1. The van der Waals surface area contributed by atoms with Crippen molar-refractivity contribution in [3.63, 3.8) is 0 Å². The first-order valence-electron chi connectivity index (χ1n) is 9.47. The van der Waals surface area contributed by atoms with Gasteiger partial charge in [0.15, 0.2) is 0 Å². The smallest absolute Gasteiger partial charge is 0.269 e. The zero-order valence-corrected chi connectivity index (χ0v) is 15.5. The van der Waals surface area contributed by atoms with Crippen LogP contribution in [-0.2, 0) is 6.42 Å². The third kappa shape index (κ3) is 4.25. The van der Waals surface area contributed by atoms with Gasteiger partial charge in [0, 0.05) is 30.9 Å². The normalized spacial score (nSPS) is 11.0. The lowest BCUT2D eigenvalue weighted by molar-refractivity contribution is 0.0948. The largest absolute Gasteiger partial charge is 0.351 e. The van der Waals surface area contributed by atoms with E-state index in [1.807, 2.05) is 36.4 Å². The number of nitrogens with one attached hydrogen (secondary N) is 3. The highest BCUT2D eigenvalue weighted by Gasteiger charge is 2.10. The van der Waals surface area contributed by atoms with Gasteiger partial charge in [0.05, 0.1) is 16.7 Å². The van der Waals surface area contributed by atoms with E-state index >= 15 is 0 Å². The third-order valence-corrected chi connectivity index (χ3v) is 4.59. The number of carbonyl (C=O) groups is 1. The van der Waals surface area contributed by atoms with Crippen molar-refractivity contribution in [2.24, 2.45) is 0 Å². The molecule has 0 saturated carbocycles. The molecule has 1 aromatic carbocycles. The second-order valence-corrected chi connectivity index (χ2v) is 6.68. The fourth-order valence-electron chi connectivity index (χ4n) is 3.12. The molecule has 0 spiro atoms. The average molecular weight is 374 g/mol. The minimum absolute atomic E-state index is 0.139. The van der Waals surface area contributed by atoms with E-state index in [0.717, 1.165) is 48.1 Å². The number of unbranched alkanes of at least 4 members (excludes halogenated alkanes) is 2. The molecule has 0 aliphatic rings. The average Bonchev–Trinajstić information content (AvgIpc) is 3.38. The van der Waals surface area contributed by atoms with Crippen molar-refractivity contribution in [1.82, 2.24) is 30.5 Å². The number of amides is 1. The molecule has 3 heterocycles. The first kappa shape index (κ1) is 17.9. The Morgan fingerprint density at radius 1 is 1.07 bits per heavy atom. The molecule has 28 heavy (non-hydrogen) atoms. The van der Waals surface area contributed by atoms with Gasteiger partial charge in [-0.2, -0.15) is 5.10 Å². The molecule has 0 atom stereocenters. The fraction of sp³-hybridized carbons (Fsp3) is 0.238. The maximum atomic E-state index is 12.2. The molecule has 3 N–H and O–H groups in total. The summed E-state index contributed by atoms with van der Waals surface area (Å²) < 4.78 is 0. The SMILES string of the molecule is O=C(NCCCCCc1nc2ccccc2[nH]1)c1cc(-c2cccnc2)n[nH]1. The van der Waals surface area contributed by atoms with E-state index in [2.05, 4.69) is 30.5 Å². The quantitative estimate of drug-likeness (QED) is 0.411. The van der Waals surface area contributed by atoms with Gasteiger partial charge >= 0.3 is 0 Å². The Morgan fingerprint density at radius 2 is 2.00 bits per heavy atom. The Morgan fingerprint density at radius 3 is 2.86 bits per heavy atom. The Hall–Kier alpha value is -3.48. The Kier molecular flexibility index (Phi) is 5.42. The molecule has 4 rings (SSSR count). The van der Waals surface area contributed by atoms with Gasteiger partial charge in [0.2, 0.25) is 0 Å². The predicted octanol–water partition coefficient (Wildman–Crippen LogP) is 3.49. The first-order valence-corrected chi connectivity index (χ1v) is 9.47. The van der Waals surface area contributed by atoms with E-state index in [1.54, 1.807) is 18.5 Å². The maximum Gasteiger partial charge on any atom is 0.269 e. The number of hydrogen-bond acceptors (Lipinski definition) is 4. The summed E-state index contributed by atoms with van der Waals surface area (Å²) in [7, 11) is 0. The number of H-pyrrole nitrogens is 2. The molecule has 0 unspecified atom stereocenters. The van der Waals surface area contributed by atoms with E-state index in [9.17, 15) is 4.79 Å². The van der Waals surface area contributed by atoms with Crippen molar-refractivity contribution in [1.29, 1.82) is 0 Å². The van der Waals surface area contributed by atoms with Crippen molar-refractivity contribution in [3.8, 4) is 11.3 Å². The van der Waals surface area contributed by atoms with Gasteiger partial charge in [0.1, 0.15) is 11.5 Å². The second kappa shape index (κ2) is 8.47. The van der Waals surface area contributed by atoms with Crippen molar-refractivity contribution in [2.75, 3.05) is 6.54 Å². The fourth-order valence-corrected chi connectivity index (χ4v) is 3.12. The van der Waals surface area contributed by atoms with Gasteiger partial charge in [0.25, 0.3) is 5.91 Å². The van der Waals surface area contributed by atoms with Gasteiger partial charge in [-0.3, -0.25) is 14.9 Å². The molecule has 7 nitrogen and oxygen atoms in total. The predicted molar refractivity (Wildman–Crippen MR) is 108 cm³/mol. The lowest BCUT2D eigenvalue weighted by Gasteiger charge is -2.03. The molecule has 1 amide bonds. The summed E-state index contributed by atoms with van der Waals surface area (Å²) in [6, 6.07) is 13.5. The number of aromatic amines is 2. The maximum absolute atomic E-state index is 12.2. The Labute approximate surface area is 162 Å². The highest BCUT2D eigenvalue weighted by atomic mass is 16.1. The first-order chi connectivity index (χ1) is 13.8. The number of hydrogen-bond donors (Lipinski definition) is 3. The molecule has 0 bridgehead atoms. The van der Waals surface area contributed by atoms with Crippen molar-refractivity contribution < 1.29 is 4.79 Å². The zero-order valence-electron chi connectivity index (χ0n) is 15.5. The molecule has 7 heteroatoms. The number of fused-ring (bicyclic) bond motifs is 1. The molecule has 0 radical (unpaired) electrons. The van der Waals surface area contributed by atoms with Crippen LogP contribution in [0.2, 0.25) is 0 Å². The highest BCUT2D eigenvalue weighted by Crippen LogP contribution is 2.16. The molecule has 142 valence electrons. The molecule has 0 fully saturated rings. The van der Waals surface area contributed by atoms with Crippen molar-refractivity contribution in [3.05, 3.63) is 66.4 Å². The molecular weight excluding hydrogens is 352 g/mol. The minimum atomic E-state index is -0.139.